The van der Waals surface area contributed by atoms with Gasteiger partial charge in [-0.25, -0.2) is 0 Å². The van der Waals surface area contributed by atoms with E-state index in [1.807, 2.05) is 0 Å². The minimum Gasteiger partial charge on any atom is -0.158 e. The third-order valence-electron chi connectivity index (χ3n) is 3.36. The summed E-state index contributed by atoms with van der Waals surface area (Å²) in [5, 5.41) is 8.31. The predicted octanol–water partition coefficient (Wildman–Crippen LogP) is 1.97. The van der Waals surface area contributed by atoms with E-state index in [9.17, 15) is 0 Å². The number of hydrogen-bond donors (Lipinski definition) is 0. The van der Waals surface area contributed by atoms with Gasteiger partial charge in [0.15, 0.2) is 5.66 Å². The topological polar surface area (TPSA) is 24.7 Å². The van der Waals surface area contributed by atoms with Crippen LogP contribution >= 0.6 is 0 Å². The molecule has 2 bridgehead atoms. The van der Waals surface area contributed by atoms with Crippen LogP contribution in [0.1, 0.15) is 26.2 Å². The molecule has 4 rings (SSSR count). The minimum absolute atomic E-state index is 0.164. The van der Waals surface area contributed by atoms with E-state index in [-0.39, 0.29) is 5.66 Å². The van der Waals surface area contributed by atoms with Gasteiger partial charge in [-0.15, -0.1) is 0 Å². The van der Waals surface area contributed by atoms with Gasteiger partial charge in [-0.1, -0.05) is 6.92 Å². The summed E-state index contributed by atoms with van der Waals surface area (Å²) in [6.45, 7) is 2.33. The van der Waals surface area contributed by atoms with Crippen LogP contribution in [0.25, 0.3) is 0 Å². The monoisotopic (exact) mass is 122 g/mol. The second-order valence-corrected chi connectivity index (χ2v) is 4.06. The lowest BCUT2D eigenvalue weighted by atomic mass is 9.69. The molecular weight excluding hydrogens is 112 g/mol. The fraction of sp³-hybridized carbons (Fsp3) is 1.00. The molecule has 2 nitrogen and oxygen atoms in total. The Hall–Kier alpha value is -0.400. The van der Waals surface area contributed by atoms with Gasteiger partial charge >= 0.3 is 0 Å². The maximum atomic E-state index is 4.15. The normalized spacial score (nSPS) is 55.9. The van der Waals surface area contributed by atoms with E-state index in [1.165, 1.54) is 19.3 Å². The van der Waals surface area contributed by atoms with Crippen LogP contribution in [-0.4, -0.2) is 5.66 Å². The van der Waals surface area contributed by atoms with Crippen LogP contribution in [0.3, 0.4) is 0 Å². The maximum absolute atomic E-state index is 4.15. The van der Waals surface area contributed by atoms with Crippen LogP contribution < -0.4 is 0 Å². The molecule has 0 amide bonds. The van der Waals surface area contributed by atoms with Crippen molar-refractivity contribution in [3.05, 3.63) is 0 Å². The Morgan fingerprint density at radius 3 is 2.11 bits per heavy atom. The fourth-order valence-electron chi connectivity index (χ4n) is 2.72. The van der Waals surface area contributed by atoms with Crippen LogP contribution in [0.15, 0.2) is 10.2 Å². The molecule has 0 aromatic heterocycles. The van der Waals surface area contributed by atoms with Crippen molar-refractivity contribution in [3.8, 4) is 0 Å². The first-order chi connectivity index (χ1) is 4.24. The van der Waals surface area contributed by atoms with Gasteiger partial charge < -0.3 is 0 Å². The molecule has 1 spiro atoms. The summed E-state index contributed by atoms with van der Waals surface area (Å²) in [4.78, 5) is 0. The van der Waals surface area contributed by atoms with E-state index >= 15 is 0 Å². The Kier molecular flexibility index (Phi) is 0.423. The van der Waals surface area contributed by atoms with E-state index in [0.717, 1.165) is 5.92 Å². The zero-order chi connectivity index (χ0) is 6.11. The molecule has 0 unspecified atom stereocenters. The Morgan fingerprint density at radius 1 is 1.22 bits per heavy atom. The highest BCUT2D eigenvalue weighted by molar-refractivity contribution is 5.20. The molecule has 0 aromatic carbocycles. The van der Waals surface area contributed by atoms with Crippen LogP contribution in [0.5, 0.6) is 0 Å². The molecule has 3 aliphatic carbocycles. The standard InChI is InChI=1S/C7H10N2/c1-6-2-5(3-6)4-7(6)8-9-7/h5H,2-4H2,1H3. The summed E-state index contributed by atoms with van der Waals surface area (Å²) in [5.41, 5.74) is 0.676. The highest BCUT2D eigenvalue weighted by Gasteiger charge is 2.69. The molecule has 0 N–H and O–H groups in total. The van der Waals surface area contributed by atoms with Gasteiger partial charge in [0, 0.05) is 5.41 Å². The molecular formula is C7H10N2. The van der Waals surface area contributed by atoms with Gasteiger partial charge in [-0.3, -0.25) is 0 Å². The van der Waals surface area contributed by atoms with E-state index in [4.69, 9.17) is 0 Å². The third-order valence-corrected chi connectivity index (χ3v) is 3.36. The molecule has 4 aliphatic rings. The van der Waals surface area contributed by atoms with E-state index < -0.39 is 0 Å². The summed E-state index contributed by atoms with van der Waals surface area (Å²) in [6, 6.07) is 0. The molecule has 0 aromatic rings. The summed E-state index contributed by atoms with van der Waals surface area (Å²) >= 11 is 0. The Balaban J connectivity index is 2.07. The molecule has 3 fully saturated rings. The fourth-order valence-corrected chi connectivity index (χ4v) is 2.72. The Bertz CT molecular complexity index is 195. The molecule has 1 aliphatic heterocycles. The Morgan fingerprint density at radius 2 is 1.89 bits per heavy atom. The van der Waals surface area contributed by atoms with Gasteiger partial charge in [0.1, 0.15) is 0 Å². The van der Waals surface area contributed by atoms with Crippen molar-refractivity contribution in [2.75, 3.05) is 0 Å². The summed E-state index contributed by atoms with van der Waals surface area (Å²) in [6.07, 6.45) is 4.05. The lowest BCUT2D eigenvalue weighted by Gasteiger charge is -2.35. The third kappa shape index (κ3) is 0.291. The van der Waals surface area contributed by atoms with Crippen molar-refractivity contribution in [2.24, 2.45) is 21.6 Å². The van der Waals surface area contributed by atoms with E-state index in [0.29, 0.717) is 5.41 Å². The molecule has 0 saturated heterocycles. The first kappa shape index (κ1) is 4.42. The molecule has 0 atom stereocenters. The van der Waals surface area contributed by atoms with Gasteiger partial charge in [-0.05, 0) is 25.2 Å². The second kappa shape index (κ2) is 0.862. The van der Waals surface area contributed by atoms with Crippen molar-refractivity contribution in [3.63, 3.8) is 0 Å². The molecule has 1 heterocycles. The van der Waals surface area contributed by atoms with E-state index in [1.54, 1.807) is 0 Å². The quantitative estimate of drug-likeness (QED) is 0.469. The first-order valence-corrected chi connectivity index (χ1v) is 3.68. The molecule has 9 heavy (non-hydrogen) atoms. The van der Waals surface area contributed by atoms with E-state index in [2.05, 4.69) is 17.2 Å². The van der Waals surface area contributed by atoms with Crippen molar-refractivity contribution >= 4 is 0 Å². The summed E-state index contributed by atoms with van der Waals surface area (Å²) in [5.74, 6) is 0.977. The zero-order valence-corrected chi connectivity index (χ0v) is 5.59. The maximum Gasteiger partial charge on any atom is 0.196 e. The van der Waals surface area contributed by atoms with Crippen LogP contribution in [-0.2, 0) is 0 Å². The number of rotatable bonds is 0. The lowest BCUT2D eigenvalue weighted by molar-refractivity contribution is 0.143. The van der Waals surface area contributed by atoms with Crippen LogP contribution in [0, 0.1) is 11.3 Å². The molecule has 3 saturated carbocycles. The van der Waals surface area contributed by atoms with Crippen LogP contribution in [0.2, 0.25) is 0 Å². The highest BCUT2D eigenvalue weighted by atomic mass is 15.5. The summed E-state index contributed by atoms with van der Waals surface area (Å²) < 4.78 is 0. The van der Waals surface area contributed by atoms with Crippen LogP contribution in [0.4, 0.5) is 0 Å². The number of nitrogens with zero attached hydrogens (tertiary/aromatic N) is 2. The second-order valence-electron chi connectivity index (χ2n) is 4.06. The van der Waals surface area contributed by atoms with Gasteiger partial charge in [0.05, 0.1) is 0 Å². The summed E-state index contributed by atoms with van der Waals surface area (Å²) in [7, 11) is 0. The average molecular weight is 122 g/mol. The molecule has 0 radical (unpaired) electrons. The SMILES string of the molecule is CC12CC(C1)CC21N=N1. The molecule has 48 valence electrons. The smallest absolute Gasteiger partial charge is 0.158 e. The average Bonchev–Trinajstić information content (AvgIpc) is 2.32. The van der Waals surface area contributed by atoms with Crippen molar-refractivity contribution in [1.29, 1.82) is 0 Å². The zero-order valence-electron chi connectivity index (χ0n) is 5.59. The van der Waals surface area contributed by atoms with Crippen molar-refractivity contribution in [1.82, 2.24) is 0 Å². The van der Waals surface area contributed by atoms with Crippen molar-refractivity contribution in [2.45, 2.75) is 31.8 Å². The van der Waals surface area contributed by atoms with Gasteiger partial charge in [-0.2, -0.15) is 10.2 Å². The number of hydrogen-bond acceptors (Lipinski definition) is 2. The van der Waals surface area contributed by atoms with Gasteiger partial charge in [0.25, 0.3) is 0 Å². The largest absolute Gasteiger partial charge is 0.196 e. The predicted molar refractivity (Wildman–Crippen MR) is 33.0 cm³/mol. The highest BCUT2D eigenvalue weighted by Crippen LogP contribution is 2.70. The minimum atomic E-state index is 0.164. The lowest BCUT2D eigenvalue weighted by Crippen LogP contribution is -2.33. The first-order valence-electron chi connectivity index (χ1n) is 3.68. The van der Waals surface area contributed by atoms with Crippen molar-refractivity contribution < 1.29 is 0 Å². The van der Waals surface area contributed by atoms with Gasteiger partial charge in [0.2, 0.25) is 0 Å². The Labute approximate surface area is 54.4 Å². The molecule has 2 heteroatoms.